The van der Waals surface area contributed by atoms with Crippen molar-refractivity contribution in [3.05, 3.63) is 87.7 Å². The molecule has 0 aliphatic heterocycles. The molecule has 0 bridgehead atoms. The van der Waals surface area contributed by atoms with Crippen LogP contribution in [0.5, 0.6) is 17.2 Å². The Kier molecular flexibility index (Phi) is 6.86. The van der Waals surface area contributed by atoms with Gasteiger partial charge >= 0.3 is 11.9 Å². The van der Waals surface area contributed by atoms with Crippen LogP contribution in [0.3, 0.4) is 0 Å². The summed E-state index contributed by atoms with van der Waals surface area (Å²) in [6.45, 7) is 0. The SMILES string of the molecule is COc1ccc(Oc2ccc(C(F)(F)F)cc2[N+](=O)[O-])c(/C=N\NC(=O)c2cccnc2)c1. The normalized spacial score (nSPS) is 11.3. The van der Waals surface area contributed by atoms with Gasteiger partial charge in [-0.1, -0.05) is 0 Å². The molecular formula is C21H15F3N4O5. The molecule has 0 unspecified atom stereocenters. The largest absolute Gasteiger partial charge is 0.497 e. The summed E-state index contributed by atoms with van der Waals surface area (Å²) >= 11 is 0. The van der Waals surface area contributed by atoms with E-state index in [9.17, 15) is 28.1 Å². The molecule has 1 N–H and O–H groups in total. The summed E-state index contributed by atoms with van der Waals surface area (Å²) in [6.07, 6.45) is -0.717. The molecule has 0 spiro atoms. The molecule has 12 heteroatoms. The topological polar surface area (TPSA) is 116 Å². The van der Waals surface area contributed by atoms with E-state index in [0.717, 1.165) is 6.07 Å². The first-order chi connectivity index (χ1) is 15.7. The van der Waals surface area contributed by atoms with Crippen LogP contribution in [0, 0.1) is 10.1 Å². The predicted octanol–water partition coefficient (Wildman–Crippen LogP) is 4.57. The van der Waals surface area contributed by atoms with E-state index in [0.29, 0.717) is 17.9 Å². The Hall–Kier alpha value is -4.48. The molecule has 0 saturated heterocycles. The molecule has 0 saturated carbocycles. The molecule has 9 nitrogen and oxygen atoms in total. The lowest BCUT2D eigenvalue weighted by Gasteiger charge is -2.12. The quantitative estimate of drug-likeness (QED) is 0.314. The summed E-state index contributed by atoms with van der Waals surface area (Å²) in [6, 6.07) is 9.36. The average molecular weight is 460 g/mol. The lowest BCUT2D eigenvalue weighted by atomic mass is 10.1. The van der Waals surface area contributed by atoms with Crippen molar-refractivity contribution in [2.75, 3.05) is 7.11 Å². The Bertz CT molecular complexity index is 1200. The van der Waals surface area contributed by atoms with Crippen molar-refractivity contribution in [1.29, 1.82) is 0 Å². The minimum atomic E-state index is -4.76. The van der Waals surface area contributed by atoms with Crippen LogP contribution in [0.2, 0.25) is 0 Å². The van der Waals surface area contributed by atoms with Gasteiger partial charge in [0, 0.05) is 24.0 Å². The number of halogens is 3. The summed E-state index contributed by atoms with van der Waals surface area (Å²) in [5, 5.41) is 15.1. The molecular weight excluding hydrogens is 445 g/mol. The number of benzene rings is 2. The van der Waals surface area contributed by atoms with E-state index in [-0.39, 0.29) is 16.9 Å². The first kappa shape index (κ1) is 23.2. The zero-order valence-corrected chi connectivity index (χ0v) is 16.9. The molecule has 170 valence electrons. The van der Waals surface area contributed by atoms with Crippen molar-refractivity contribution in [3.63, 3.8) is 0 Å². The molecule has 3 aromatic rings. The second-order valence-electron chi connectivity index (χ2n) is 6.38. The second kappa shape index (κ2) is 9.77. The number of hydrazone groups is 1. The second-order valence-corrected chi connectivity index (χ2v) is 6.38. The number of aromatic nitrogens is 1. The first-order valence-corrected chi connectivity index (χ1v) is 9.14. The molecule has 1 aromatic heterocycles. The monoisotopic (exact) mass is 460 g/mol. The van der Waals surface area contributed by atoms with Crippen molar-refractivity contribution >= 4 is 17.8 Å². The highest BCUT2D eigenvalue weighted by Crippen LogP contribution is 2.38. The molecule has 33 heavy (non-hydrogen) atoms. The number of ether oxygens (including phenoxy) is 2. The van der Waals surface area contributed by atoms with Gasteiger partial charge in [0.25, 0.3) is 5.91 Å². The van der Waals surface area contributed by atoms with E-state index in [1.54, 1.807) is 6.07 Å². The fourth-order valence-electron chi connectivity index (χ4n) is 2.61. The Morgan fingerprint density at radius 3 is 2.58 bits per heavy atom. The van der Waals surface area contributed by atoms with Crippen molar-refractivity contribution in [2.24, 2.45) is 5.10 Å². The van der Waals surface area contributed by atoms with E-state index >= 15 is 0 Å². The minimum absolute atomic E-state index is 0.0260. The standard InChI is InChI=1S/C21H15F3N4O5/c1-32-16-5-7-18(14(9-16)12-26-27-20(29)13-3-2-8-25-11-13)33-19-6-4-15(21(22,23)24)10-17(19)28(30)31/h2-12H,1H3,(H,27,29)/b26-12-. The van der Waals surface area contributed by atoms with E-state index in [1.165, 1.54) is 50.0 Å². The number of nitro groups is 1. The van der Waals surface area contributed by atoms with Crippen molar-refractivity contribution in [2.45, 2.75) is 6.18 Å². The number of alkyl halides is 3. The van der Waals surface area contributed by atoms with Gasteiger partial charge in [-0.3, -0.25) is 19.9 Å². The van der Waals surface area contributed by atoms with Crippen molar-refractivity contribution in [3.8, 4) is 17.2 Å². The zero-order valence-electron chi connectivity index (χ0n) is 16.9. The van der Waals surface area contributed by atoms with E-state index < -0.39 is 34.0 Å². The van der Waals surface area contributed by atoms with Crippen molar-refractivity contribution < 1.29 is 32.4 Å². The number of nitro benzene ring substituents is 1. The van der Waals surface area contributed by atoms with Gasteiger partial charge in [0.05, 0.1) is 29.4 Å². The van der Waals surface area contributed by atoms with Crippen molar-refractivity contribution in [1.82, 2.24) is 10.4 Å². The number of hydrogen-bond donors (Lipinski definition) is 1. The van der Waals surface area contributed by atoms with Gasteiger partial charge in [-0.15, -0.1) is 0 Å². The molecule has 1 heterocycles. The van der Waals surface area contributed by atoms with E-state index in [4.69, 9.17) is 9.47 Å². The zero-order chi connectivity index (χ0) is 24.0. The molecule has 2 aromatic carbocycles. The Balaban J connectivity index is 1.90. The van der Waals surface area contributed by atoms with Gasteiger partial charge in [0.1, 0.15) is 11.5 Å². The first-order valence-electron chi connectivity index (χ1n) is 9.14. The molecule has 0 aliphatic carbocycles. The van der Waals surface area contributed by atoms with Gasteiger partial charge in [-0.25, -0.2) is 5.43 Å². The smallest absolute Gasteiger partial charge is 0.416 e. The average Bonchev–Trinajstić information content (AvgIpc) is 2.79. The number of carbonyl (C=O) groups excluding carboxylic acids is 1. The predicted molar refractivity (Wildman–Crippen MR) is 110 cm³/mol. The van der Waals surface area contributed by atoms with Crippen LogP contribution in [0.1, 0.15) is 21.5 Å². The maximum absolute atomic E-state index is 12.9. The minimum Gasteiger partial charge on any atom is -0.497 e. The van der Waals surface area contributed by atoms with E-state index in [2.05, 4.69) is 15.5 Å². The summed E-state index contributed by atoms with van der Waals surface area (Å²) in [4.78, 5) is 26.2. The number of amides is 1. The number of nitrogens with one attached hydrogen (secondary N) is 1. The summed E-state index contributed by atoms with van der Waals surface area (Å²) in [5.41, 5.74) is 0.732. The number of methoxy groups -OCH3 is 1. The van der Waals surface area contributed by atoms with Gasteiger partial charge in [-0.2, -0.15) is 18.3 Å². The summed E-state index contributed by atoms with van der Waals surface area (Å²) < 4.78 is 49.5. The highest BCUT2D eigenvalue weighted by Gasteiger charge is 2.33. The maximum Gasteiger partial charge on any atom is 0.416 e. The number of carbonyl (C=O) groups is 1. The third kappa shape index (κ3) is 5.81. The third-order valence-electron chi connectivity index (χ3n) is 4.21. The highest BCUT2D eigenvalue weighted by atomic mass is 19.4. The number of nitrogens with zero attached hydrogens (tertiary/aromatic N) is 3. The van der Waals surface area contributed by atoms with Gasteiger partial charge in [-0.05, 0) is 42.5 Å². The lowest BCUT2D eigenvalue weighted by Crippen LogP contribution is -2.17. The van der Waals surface area contributed by atoms with Crippen LogP contribution >= 0.6 is 0 Å². The Morgan fingerprint density at radius 2 is 1.94 bits per heavy atom. The van der Waals surface area contributed by atoms with Crippen LogP contribution in [-0.4, -0.2) is 29.1 Å². The molecule has 0 radical (unpaired) electrons. The van der Waals surface area contributed by atoms with Crippen LogP contribution in [0.15, 0.2) is 66.0 Å². The molecule has 0 atom stereocenters. The van der Waals surface area contributed by atoms with Crippen LogP contribution in [0.4, 0.5) is 18.9 Å². The third-order valence-corrected chi connectivity index (χ3v) is 4.21. The Labute approximate surface area is 184 Å². The number of hydrogen-bond acceptors (Lipinski definition) is 7. The summed E-state index contributed by atoms with van der Waals surface area (Å²) in [7, 11) is 1.40. The van der Waals surface area contributed by atoms with Crippen LogP contribution < -0.4 is 14.9 Å². The lowest BCUT2D eigenvalue weighted by molar-refractivity contribution is -0.385. The molecule has 1 amide bonds. The van der Waals surface area contributed by atoms with Crippen LogP contribution in [0.25, 0.3) is 0 Å². The number of rotatable bonds is 7. The molecule has 0 fully saturated rings. The summed E-state index contributed by atoms with van der Waals surface area (Å²) in [5.74, 6) is -0.544. The number of pyridine rings is 1. The molecule has 3 rings (SSSR count). The van der Waals surface area contributed by atoms with E-state index in [1.807, 2.05) is 0 Å². The van der Waals surface area contributed by atoms with Gasteiger partial charge in [0.15, 0.2) is 0 Å². The van der Waals surface area contributed by atoms with Gasteiger partial charge in [0.2, 0.25) is 5.75 Å². The highest BCUT2D eigenvalue weighted by molar-refractivity contribution is 5.94. The van der Waals surface area contributed by atoms with Crippen LogP contribution in [-0.2, 0) is 6.18 Å². The fraction of sp³-hybridized carbons (Fsp3) is 0.0952. The molecule has 0 aliphatic rings. The maximum atomic E-state index is 12.9. The van der Waals surface area contributed by atoms with Gasteiger partial charge < -0.3 is 9.47 Å². The fourth-order valence-corrected chi connectivity index (χ4v) is 2.61. The Morgan fingerprint density at radius 1 is 1.18 bits per heavy atom.